The van der Waals surface area contributed by atoms with Crippen molar-refractivity contribution in [3.05, 3.63) is 100 Å². The summed E-state index contributed by atoms with van der Waals surface area (Å²) in [6, 6.07) is 14.3. The minimum absolute atomic E-state index is 0.00676. The Labute approximate surface area is 207 Å². The topological polar surface area (TPSA) is 66.8 Å². The number of aliphatic hydroxyl groups is 1. The fraction of sp³-hybridized carbons (Fsp3) is 0.241. The van der Waals surface area contributed by atoms with Gasteiger partial charge in [-0.25, -0.2) is 8.78 Å². The van der Waals surface area contributed by atoms with Crippen LogP contribution in [0.4, 0.5) is 14.5 Å². The van der Waals surface area contributed by atoms with E-state index in [9.17, 15) is 23.5 Å². The minimum atomic E-state index is -1.15. The van der Waals surface area contributed by atoms with Crippen molar-refractivity contribution in [2.45, 2.75) is 38.6 Å². The third-order valence-electron chi connectivity index (χ3n) is 6.73. The molecule has 1 aliphatic heterocycles. The first-order chi connectivity index (χ1) is 17.4. The molecule has 3 aromatic carbocycles. The number of hydrogen-bond donors (Lipinski definition) is 1. The van der Waals surface area contributed by atoms with Crippen LogP contribution in [0.3, 0.4) is 0 Å². The molecule has 2 aliphatic rings. The molecule has 184 valence electrons. The number of aliphatic hydroxyl groups excluding tert-OH is 1. The second kappa shape index (κ2) is 9.57. The van der Waals surface area contributed by atoms with Crippen LogP contribution >= 0.6 is 0 Å². The molecule has 1 atom stereocenters. The number of aryl methyl sites for hydroxylation is 2. The lowest BCUT2D eigenvalue weighted by atomic mass is 9.88. The first kappa shape index (κ1) is 23.7. The molecule has 1 heterocycles. The third-order valence-corrected chi connectivity index (χ3v) is 6.73. The van der Waals surface area contributed by atoms with Gasteiger partial charge in [0.05, 0.1) is 18.2 Å². The van der Waals surface area contributed by atoms with Crippen LogP contribution in [-0.2, 0) is 22.4 Å². The quantitative estimate of drug-likeness (QED) is 0.277. The second-order valence-electron chi connectivity index (χ2n) is 8.96. The number of benzene rings is 3. The number of halogens is 2. The van der Waals surface area contributed by atoms with Crippen LogP contribution in [0.2, 0.25) is 0 Å². The first-order valence-corrected chi connectivity index (χ1v) is 12.0. The molecule has 1 N–H and O–H groups in total. The number of rotatable bonds is 5. The summed E-state index contributed by atoms with van der Waals surface area (Å²) in [7, 11) is 0. The van der Waals surface area contributed by atoms with E-state index < -0.39 is 29.4 Å². The number of anilines is 1. The van der Waals surface area contributed by atoms with Crippen LogP contribution in [0.5, 0.6) is 5.75 Å². The summed E-state index contributed by atoms with van der Waals surface area (Å²) in [5.41, 5.74) is 3.13. The zero-order chi connectivity index (χ0) is 25.4. The van der Waals surface area contributed by atoms with Crippen LogP contribution in [0.1, 0.15) is 48.1 Å². The summed E-state index contributed by atoms with van der Waals surface area (Å²) in [5.74, 6) is -3.85. The van der Waals surface area contributed by atoms with Crippen molar-refractivity contribution in [1.82, 2.24) is 0 Å². The molecule has 1 amide bonds. The standard InChI is InChI=1S/C29H25F2NO4/c1-2-36-22-9-5-8-19(15-22)26-25(27(33)20-11-10-17-6-3-4-7-18(17)14-20)28(34)29(35)32(26)21-12-13-23(30)24(31)16-21/h5,8-16,26,33H,2-4,6-7H2,1H3/b27-25-. The smallest absolute Gasteiger partial charge is 0.300 e. The number of hydrogen-bond acceptors (Lipinski definition) is 4. The van der Waals surface area contributed by atoms with Gasteiger partial charge in [-0.05, 0) is 79.6 Å². The monoisotopic (exact) mass is 489 g/mol. The van der Waals surface area contributed by atoms with Gasteiger partial charge in [0.25, 0.3) is 11.7 Å². The zero-order valence-electron chi connectivity index (χ0n) is 19.8. The molecule has 0 bridgehead atoms. The highest BCUT2D eigenvalue weighted by Crippen LogP contribution is 2.43. The predicted molar refractivity (Wildman–Crippen MR) is 132 cm³/mol. The van der Waals surface area contributed by atoms with Gasteiger partial charge < -0.3 is 9.84 Å². The summed E-state index contributed by atoms with van der Waals surface area (Å²) in [4.78, 5) is 27.7. The highest BCUT2D eigenvalue weighted by Gasteiger charge is 2.47. The number of fused-ring (bicyclic) bond motifs is 1. The normalized spacial score (nSPS) is 18.9. The summed E-state index contributed by atoms with van der Waals surface area (Å²) < 4.78 is 33.4. The van der Waals surface area contributed by atoms with E-state index in [1.54, 1.807) is 30.3 Å². The Kier molecular flexibility index (Phi) is 6.31. The number of carbonyl (C=O) groups excluding carboxylic acids is 2. The maximum Gasteiger partial charge on any atom is 0.300 e. The lowest BCUT2D eigenvalue weighted by molar-refractivity contribution is -0.132. The van der Waals surface area contributed by atoms with Gasteiger partial charge >= 0.3 is 0 Å². The van der Waals surface area contributed by atoms with Crippen molar-refractivity contribution in [2.24, 2.45) is 0 Å². The average molecular weight is 490 g/mol. The average Bonchev–Trinajstić information content (AvgIpc) is 3.15. The Hall–Kier alpha value is -4.00. The summed E-state index contributed by atoms with van der Waals surface area (Å²) >= 11 is 0. The molecule has 1 fully saturated rings. The van der Waals surface area contributed by atoms with Crippen molar-refractivity contribution in [1.29, 1.82) is 0 Å². The van der Waals surface area contributed by atoms with Gasteiger partial charge in [0.1, 0.15) is 11.5 Å². The van der Waals surface area contributed by atoms with Gasteiger partial charge in [0, 0.05) is 17.3 Å². The molecule has 0 aromatic heterocycles. The Morgan fingerprint density at radius 3 is 2.50 bits per heavy atom. The summed E-state index contributed by atoms with van der Waals surface area (Å²) in [5, 5.41) is 11.4. The van der Waals surface area contributed by atoms with Crippen molar-refractivity contribution in [3.8, 4) is 5.75 Å². The molecule has 0 saturated carbocycles. The zero-order valence-corrected chi connectivity index (χ0v) is 19.8. The number of carbonyl (C=O) groups is 2. The highest BCUT2D eigenvalue weighted by atomic mass is 19.2. The molecule has 5 nitrogen and oxygen atoms in total. The fourth-order valence-electron chi connectivity index (χ4n) is 5.03. The van der Waals surface area contributed by atoms with Crippen LogP contribution in [-0.4, -0.2) is 23.4 Å². The highest BCUT2D eigenvalue weighted by molar-refractivity contribution is 6.51. The Balaban J connectivity index is 1.70. The largest absolute Gasteiger partial charge is 0.507 e. The van der Waals surface area contributed by atoms with Crippen molar-refractivity contribution in [3.63, 3.8) is 0 Å². The molecule has 0 radical (unpaired) electrons. The Bertz CT molecular complexity index is 1400. The molecule has 1 unspecified atom stereocenters. The second-order valence-corrected chi connectivity index (χ2v) is 8.96. The van der Waals surface area contributed by atoms with Gasteiger partial charge in [-0.1, -0.05) is 24.3 Å². The molecular weight excluding hydrogens is 464 g/mol. The SMILES string of the molecule is CCOc1cccc(C2/C(=C(/O)c3ccc4c(c3)CCCC4)C(=O)C(=O)N2c2ccc(F)c(F)c2)c1. The van der Waals surface area contributed by atoms with Crippen molar-refractivity contribution < 1.29 is 28.2 Å². The molecule has 1 aliphatic carbocycles. The number of nitrogens with zero attached hydrogens (tertiary/aromatic N) is 1. The van der Waals surface area contributed by atoms with E-state index in [1.165, 1.54) is 11.6 Å². The van der Waals surface area contributed by atoms with Crippen LogP contribution < -0.4 is 9.64 Å². The van der Waals surface area contributed by atoms with E-state index in [4.69, 9.17) is 4.74 Å². The fourth-order valence-corrected chi connectivity index (χ4v) is 5.03. The Morgan fingerprint density at radius 1 is 0.972 bits per heavy atom. The molecular formula is C29H25F2NO4. The molecule has 1 saturated heterocycles. The van der Waals surface area contributed by atoms with Crippen LogP contribution in [0.15, 0.2) is 66.2 Å². The lowest BCUT2D eigenvalue weighted by Gasteiger charge is -2.26. The van der Waals surface area contributed by atoms with Crippen LogP contribution in [0, 0.1) is 11.6 Å². The van der Waals surface area contributed by atoms with Crippen molar-refractivity contribution >= 4 is 23.1 Å². The van der Waals surface area contributed by atoms with E-state index in [1.807, 2.05) is 19.1 Å². The van der Waals surface area contributed by atoms with Gasteiger partial charge in [-0.3, -0.25) is 14.5 Å². The minimum Gasteiger partial charge on any atom is -0.507 e. The maximum atomic E-state index is 14.2. The third kappa shape index (κ3) is 4.15. The van der Waals surface area contributed by atoms with E-state index in [0.29, 0.717) is 23.5 Å². The molecule has 3 aromatic rings. The molecule has 0 spiro atoms. The van der Waals surface area contributed by atoms with Gasteiger partial charge in [0.2, 0.25) is 0 Å². The number of amides is 1. The number of Topliss-reactive ketones (excluding diaryl/α,β-unsaturated/α-hetero) is 1. The molecule has 5 rings (SSSR count). The summed E-state index contributed by atoms with van der Waals surface area (Å²) in [6.07, 6.45) is 3.98. The Morgan fingerprint density at radius 2 is 1.75 bits per heavy atom. The van der Waals surface area contributed by atoms with E-state index in [-0.39, 0.29) is 17.0 Å². The van der Waals surface area contributed by atoms with Crippen LogP contribution in [0.25, 0.3) is 5.76 Å². The summed E-state index contributed by atoms with van der Waals surface area (Å²) in [6.45, 7) is 2.23. The number of ether oxygens (including phenoxy) is 1. The van der Waals surface area contributed by atoms with E-state index >= 15 is 0 Å². The van der Waals surface area contributed by atoms with Gasteiger partial charge in [-0.15, -0.1) is 0 Å². The predicted octanol–water partition coefficient (Wildman–Crippen LogP) is 5.87. The van der Waals surface area contributed by atoms with Gasteiger partial charge in [0.15, 0.2) is 11.6 Å². The van der Waals surface area contributed by atoms with E-state index in [0.717, 1.165) is 48.3 Å². The van der Waals surface area contributed by atoms with Gasteiger partial charge in [-0.2, -0.15) is 0 Å². The number of ketones is 1. The van der Waals surface area contributed by atoms with Crippen molar-refractivity contribution in [2.75, 3.05) is 11.5 Å². The van der Waals surface area contributed by atoms with E-state index in [2.05, 4.69) is 0 Å². The maximum absolute atomic E-state index is 14.2. The molecule has 7 heteroatoms. The molecule has 36 heavy (non-hydrogen) atoms. The first-order valence-electron chi connectivity index (χ1n) is 12.0. The lowest BCUT2D eigenvalue weighted by Crippen LogP contribution is -2.29.